The summed E-state index contributed by atoms with van der Waals surface area (Å²) in [5.41, 5.74) is 4.18. The molecule has 0 aliphatic heterocycles. The van der Waals surface area contributed by atoms with Crippen LogP contribution in [0.1, 0.15) is 52.9 Å². The Hall–Kier alpha value is -3.07. The number of aryl methyl sites for hydroxylation is 1. The molecule has 1 aromatic carbocycles. The highest BCUT2D eigenvalue weighted by Gasteiger charge is 2.27. The Morgan fingerprint density at radius 1 is 1.15 bits per heavy atom. The number of carbonyl (C=O) groups is 2. The molecule has 3 rings (SSSR count). The third kappa shape index (κ3) is 4.83. The van der Waals surface area contributed by atoms with E-state index in [9.17, 15) is 9.59 Å². The number of aromatic amines is 1. The van der Waals surface area contributed by atoms with Crippen LogP contribution in [0, 0.1) is 13.8 Å². The van der Waals surface area contributed by atoms with Crippen molar-refractivity contribution in [2.45, 2.75) is 45.0 Å². The molecule has 0 radical (unpaired) electrons. The van der Waals surface area contributed by atoms with Crippen LogP contribution >= 0.6 is 11.8 Å². The standard InChI is InChI=1S/C24H31N5O3S/c1-8-29(9-2)18-12-10-17(11-13-18)22-26-27-24(28(22)6)33-16(5)21(30)20-14(3)19(15(4)25-20)23(31)32-7/h10-13,16,25H,8-9H2,1-7H3. The number of aromatic nitrogens is 4. The minimum absolute atomic E-state index is 0.108. The molecule has 2 heterocycles. The number of nitrogens with zero attached hydrogens (tertiary/aromatic N) is 4. The van der Waals surface area contributed by atoms with Gasteiger partial charge in [0.15, 0.2) is 16.8 Å². The highest BCUT2D eigenvalue weighted by molar-refractivity contribution is 8.00. The number of ketones is 1. The van der Waals surface area contributed by atoms with Crippen molar-refractivity contribution in [3.63, 3.8) is 0 Å². The first kappa shape index (κ1) is 24.6. The van der Waals surface area contributed by atoms with Crippen LogP contribution in [0.2, 0.25) is 0 Å². The van der Waals surface area contributed by atoms with E-state index in [4.69, 9.17) is 4.74 Å². The fourth-order valence-electron chi connectivity index (χ4n) is 3.90. The smallest absolute Gasteiger partial charge is 0.339 e. The number of benzene rings is 1. The molecule has 9 heteroatoms. The number of Topliss-reactive ketones (excluding diaryl/α,β-unsaturated/α-hetero) is 1. The molecule has 0 saturated carbocycles. The monoisotopic (exact) mass is 469 g/mol. The highest BCUT2D eigenvalue weighted by atomic mass is 32.2. The molecule has 2 aromatic heterocycles. The van der Waals surface area contributed by atoms with Crippen LogP contribution in [0.15, 0.2) is 29.4 Å². The maximum atomic E-state index is 13.1. The molecule has 0 aliphatic carbocycles. The quantitative estimate of drug-likeness (QED) is 0.282. The van der Waals surface area contributed by atoms with Crippen molar-refractivity contribution in [2.75, 3.05) is 25.1 Å². The number of H-pyrrole nitrogens is 1. The summed E-state index contributed by atoms with van der Waals surface area (Å²) < 4.78 is 6.74. The minimum atomic E-state index is -0.453. The molecule has 176 valence electrons. The van der Waals surface area contributed by atoms with E-state index >= 15 is 0 Å². The lowest BCUT2D eigenvalue weighted by molar-refractivity contribution is 0.0599. The molecule has 1 unspecified atom stereocenters. The Bertz CT molecular complexity index is 1150. The van der Waals surface area contributed by atoms with Gasteiger partial charge in [-0.1, -0.05) is 11.8 Å². The van der Waals surface area contributed by atoms with E-state index in [1.165, 1.54) is 24.6 Å². The first-order valence-corrected chi connectivity index (χ1v) is 11.8. The largest absolute Gasteiger partial charge is 0.465 e. The Kier molecular flexibility index (Phi) is 7.63. The Balaban J connectivity index is 1.79. The van der Waals surface area contributed by atoms with E-state index in [2.05, 4.69) is 46.1 Å². The van der Waals surface area contributed by atoms with Crippen molar-refractivity contribution in [3.05, 3.63) is 46.8 Å². The average Bonchev–Trinajstić information content (AvgIpc) is 3.32. The lowest BCUT2D eigenvalue weighted by atomic mass is 10.1. The van der Waals surface area contributed by atoms with Gasteiger partial charge in [-0.3, -0.25) is 4.79 Å². The molecule has 8 nitrogen and oxygen atoms in total. The normalized spacial score (nSPS) is 12.0. The summed E-state index contributed by atoms with van der Waals surface area (Å²) in [4.78, 5) is 30.5. The average molecular weight is 470 g/mol. The molecular formula is C24H31N5O3S. The van der Waals surface area contributed by atoms with Gasteiger partial charge >= 0.3 is 5.97 Å². The van der Waals surface area contributed by atoms with Gasteiger partial charge < -0.3 is 19.2 Å². The van der Waals surface area contributed by atoms with Crippen molar-refractivity contribution >= 4 is 29.2 Å². The summed E-state index contributed by atoms with van der Waals surface area (Å²) in [6.45, 7) is 11.5. The van der Waals surface area contributed by atoms with Crippen LogP contribution in [0.5, 0.6) is 0 Å². The van der Waals surface area contributed by atoms with Gasteiger partial charge in [0.1, 0.15) is 0 Å². The van der Waals surface area contributed by atoms with E-state index in [0.29, 0.717) is 27.7 Å². The van der Waals surface area contributed by atoms with Crippen LogP contribution in [0.4, 0.5) is 5.69 Å². The van der Waals surface area contributed by atoms with E-state index in [1.54, 1.807) is 13.8 Å². The number of carbonyl (C=O) groups excluding carboxylic acids is 2. The summed E-state index contributed by atoms with van der Waals surface area (Å²) in [5.74, 6) is 0.178. The van der Waals surface area contributed by atoms with Crippen LogP contribution in [-0.4, -0.2) is 57.0 Å². The first-order valence-electron chi connectivity index (χ1n) is 11.0. The van der Waals surface area contributed by atoms with Gasteiger partial charge in [0.05, 0.1) is 23.6 Å². The summed E-state index contributed by atoms with van der Waals surface area (Å²) in [6, 6.07) is 8.26. The van der Waals surface area contributed by atoms with Crippen molar-refractivity contribution in [3.8, 4) is 11.4 Å². The lowest BCUT2D eigenvalue weighted by Gasteiger charge is -2.21. The molecule has 0 spiro atoms. The Morgan fingerprint density at radius 2 is 1.79 bits per heavy atom. The van der Waals surface area contributed by atoms with Crippen molar-refractivity contribution in [1.29, 1.82) is 0 Å². The summed E-state index contributed by atoms with van der Waals surface area (Å²) in [5, 5.41) is 8.89. The van der Waals surface area contributed by atoms with Crippen LogP contribution in [-0.2, 0) is 11.8 Å². The highest BCUT2D eigenvalue weighted by Crippen LogP contribution is 2.30. The summed E-state index contributed by atoms with van der Waals surface area (Å²) >= 11 is 1.34. The number of rotatable bonds is 9. The van der Waals surface area contributed by atoms with E-state index in [1.807, 2.05) is 30.7 Å². The van der Waals surface area contributed by atoms with Gasteiger partial charge in [-0.05, 0) is 64.4 Å². The van der Waals surface area contributed by atoms with Crippen LogP contribution in [0.3, 0.4) is 0 Å². The van der Waals surface area contributed by atoms with Gasteiger partial charge in [-0.25, -0.2) is 4.79 Å². The SMILES string of the molecule is CCN(CC)c1ccc(-c2nnc(SC(C)C(=O)c3[nH]c(C)c(C(=O)OC)c3C)n2C)cc1. The molecule has 0 saturated heterocycles. The fourth-order valence-corrected chi connectivity index (χ4v) is 4.77. The number of hydrogen-bond donors (Lipinski definition) is 1. The van der Waals surface area contributed by atoms with E-state index in [0.717, 1.165) is 24.5 Å². The zero-order valence-corrected chi connectivity index (χ0v) is 21.0. The molecule has 0 aliphatic rings. The van der Waals surface area contributed by atoms with Gasteiger partial charge in [-0.2, -0.15) is 0 Å². The molecule has 1 N–H and O–H groups in total. The van der Waals surface area contributed by atoms with Gasteiger partial charge in [0, 0.05) is 37.1 Å². The summed E-state index contributed by atoms with van der Waals surface area (Å²) in [7, 11) is 3.23. The van der Waals surface area contributed by atoms with Gasteiger partial charge in [0.2, 0.25) is 0 Å². The minimum Gasteiger partial charge on any atom is -0.465 e. The molecule has 1 atom stereocenters. The summed E-state index contributed by atoms with van der Waals surface area (Å²) in [6.07, 6.45) is 0. The van der Waals surface area contributed by atoms with Crippen molar-refractivity contribution in [2.24, 2.45) is 7.05 Å². The van der Waals surface area contributed by atoms with Crippen molar-refractivity contribution in [1.82, 2.24) is 19.7 Å². The van der Waals surface area contributed by atoms with Crippen LogP contribution < -0.4 is 4.90 Å². The third-order valence-corrected chi connectivity index (χ3v) is 6.95. The molecule has 33 heavy (non-hydrogen) atoms. The third-order valence-electron chi connectivity index (χ3n) is 5.81. The maximum absolute atomic E-state index is 13.1. The number of ether oxygens (including phenoxy) is 1. The number of hydrogen-bond acceptors (Lipinski definition) is 7. The Labute approximate surface area is 198 Å². The van der Waals surface area contributed by atoms with E-state index in [-0.39, 0.29) is 5.78 Å². The lowest BCUT2D eigenvalue weighted by Crippen LogP contribution is -2.21. The molecular weight excluding hydrogens is 438 g/mol. The molecule has 0 bridgehead atoms. The molecule has 0 amide bonds. The fraction of sp³-hybridized carbons (Fsp3) is 0.417. The maximum Gasteiger partial charge on any atom is 0.339 e. The second kappa shape index (κ2) is 10.2. The molecule has 0 fully saturated rings. The number of thioether (sulfide) groups is 1. The van der Waals surface area contributed by atoms with Crippen LogP contribution in [0.25, 0.3) is 11.4 Å². The first-order chi connectivity index (χ1) is 15.7. The predicted octanol–water partition coefficient (Wildman–Crippen LogP) is 4.42. The van der Waals surface area contributed by atoms with Crippen molar-refractivity contribution < 1.29 is 14.3 Å². The Morgan fingerprint density at radius 3 is 2.36 bits per heavy atom. The number of esters is 1. The number of methoxy groups -OCH3 is 1. The van der Waals surface area contributed by atoms with Gasteiger partial charge in [-0.15, -0.1) is 10.2 Å². The zero-order valence-electron chi connectivity index (χ0n) is 20.2. The number of nitrogens with one attached hydrogen (secondary N) is 1. The second-order valence-electron chi connectivity index (χ2n) is 7.83. The van der Waals surface area contributed by atoms with E-state index < -0.39 is 11.2 Å². The molecule has 3 aromatic rings. The zero-order chi connectivity index (χ0) is 24.3. The second-order valence-corrected chi connectivity index (χ2v) is 9.13. The number of anilines is 1. The topological polar surface area (TPSA) is 93.1 Å². The predicted molar refractivity (Wildman–Crippen MR) is 131 cm³/mol. The van der Waals surface area contributed by atoms with Gasteiger partial charge in [0.25, 0.3) is 0 Å².